The van der Waals surface area contributed by atoms with Crippen LogP contribution in [0.15, 0.2) is 36.5 Å². The Bertz CT molecular complexity index is 907. The number of nitrogens with zero attached hydrogens (tertiary/aromatic N) is 1. The maximum Gasteiger partial charge on any atom is 0.328 e. The van der Waals surface area contributed by atoms with Crippen molar-refractivity contribution < 1.29 is 33.4 Å². The Kier molecular flexibility index (Phi) is 7.24. The van der Waals surface area contributed by atoms with Gasteiger partial charge in [0, 0.05) is 17.5 Å². The second kappa shape index (κ2) is 9.63. The van der Waals surface area contributed by atoms with Crippen molar-refractivity contribution in [3.8, 4) is 0 Å². The number of methoxy groups -OCH3 is 3. The van der Waals surface area contributed by atoms with Gasteiger partial charge in [-0.15, -0.1) is 0 Å². The molecule has 0 bridgehead atoms. The Morgan fingerprint density at radius 3 is 2.07 bits per heavy atom. The van der Waals surface area contributed by atoms with Gasteiger partial charge in [-0.3, -0.25) is 19.4 Å². The van der Waals surface area contributed by atoms with Crippen molar-refractivity contribution in [2.45, 2.75) is 13.0 Å². The molecule has 0 radical (unpaired) electrons. The number of fused-ring (bicyclic) bond motifs is 1. The lowest BCUT2D eigenvalue weighted by Crippen LogP contribution is -2.51. The molecule has 2 atom stereocenters. The van der Waals surface area contributed by atoms with Crippen LogP contribution < -0.4 is 5.32 Å². The molecule has 0 saturated heterocycles. The number of amides is 1. The SMILES string of the molecule is COC(=O)C(C(=O)OC)[C@@H](C)[C@H](NC(=O)c1cccc2cccnc12)C(=O)OC. The van der Waals surface area contributed by atoms with Gasteiger partial charge in [-0.1, -0.05) is 25.1 Å². The van der Waals surface area contributed by atoms with Crippen LogP contribution in [-0.2, 0) is 28.6 Å². The zero-order valence-electron chi connectivity index (χ0n) is 16.5. The number of benzene rings is 1. The second-order valence-corrected chi connectivity index (χ2v) is 6.24. The van der Waals surface area contributed by atoms with Crippen molar-refractivity contribution >= 4 is 34.7 Å². The number of carbonyl (C=O) groups is 4. The predicted octanol–water partition coefficient (Wildman–Crippen LogP) is 1.10. The van der Waals surface area contributed by atoms with E-state index in [1.807, 2.05) is 0 Å². The van der Waals surface area contributed by atoms with Gasteiger partial charge in [0.25, 0.3) is 5.91 Å². The average molecular weight is 402 g/mol. The highest BCUT2D eigenvalue weighted by atomic mass is 16.5. The highest BCUT2D eigenvalue weighted by Crippen LogP contribution is 2.22. The van der Waals surface area contributed by atoms with Crippen LogP contribution in [0.25, 0.3) is 10.9 Å². The van der Waals surface area contributed by atoms with Crippen molar-refractivity contribution in [1.29, 1.82) is 0 Å². The Morgan fingerprint density at radius 1 is 0.897 bits per heavy atom. The van der Waals surface area contributed by atoms with Gasteiger partial charge in [0.05, 0.1) is 32.4 Å². The number of carbonyl (C=O) groups excluding carboxylic acids is 4. The summed E-state index contributed by atoms with van der Waals surface area (Å²) in [7, 11) is 3.36. The van der Waals surface area contributed by atoms with Crippen LogP contribution in [-0.4, -0.2) is 56.2 Å². The molecule has 29 heavy (non-hydrogen) atoms. The maximum absolute atomic E-state index is 12.9. The summed E-state index contributed by atoms with van der Waals surface area (Å²) in [6.45, 7) is 1.45. The fourth-order valence-corrected chi connectivity index (χ4v) is 3.01. The number of pyridine rings is 1. The highest BCUT2D eigenvalue weighted by Gasteiger charge is 2.42. The first-order valence-corrected chi connectivity index (χ1v) is 8.73. The summed E-state index contributed by atoms with van der Waals surface area (Å²) in [6, 6.07) is 7.26. The third kappa shape index (κ3) is 4.68. The van der Waals surface area contributed by atoms with Gasteiger partial charge in [0.15, 0.2) is 5.92 Å². The molecule has 2 aromatic rings. The van der Waals surface area contributed by atoms with Crippen LogP contribution in [0.5, 0.6) is 0 Å². The molecule has 9 nitrogen and oxygen atoms in total. The fraction of sp³-hybridized carbons (Fsp3) is 0.350. The molecule has 1 aromatic heterocycles. The Balaban J connectivity index is 2.39. The van der Waals surface area contributed by atoms with E-state index in [0.29, 0.717) is 5.52 Å². The maximum atomic E-state index is 12.9. The third-order valence-electron chi connectivity index (χ3n) is 4.58. The molecule has 0 aliphatic heterocycles. The molecule has 2 rings (SSSR count). The summed E-state index contributed by atoms with van der Waals surface area (Å²) in [6.07, 6.45) is 1.55. The molecule has 1 N–H and O–H groups in total. The summed E-state index contributed by atoms with van der Waals surface area (Å²) < 4.78 is 14.1. The predicted molar refractivity (Wildman–Crippen MR) is 102 cm³/mol. The first kappa shape index (κ1) is 21.8. The Labute approximate surface area is 167 Å². The summed E-state index contributed by atoms with van der Waals surface area (Å²) in [5.41, 5.74) is 0.679. The molecule has 9 heteroatoms. The number of nitrogens with one attached hydrogen (secondary N) is 1. The van der Waals surface area contributed by atoms with E-state index in [4.69, 9.17) is 4.74 Å². The van der Waals surface area contributed by atoms with Crippen molar-refractivity contribution in [3.63, 3.8) is 0 Å². The minimum absolute atomic E-state index is 0.233. The standard InChI is InChI=1S/C20H22N2O7/c1-11(14(18(24)27-2)19(25)28-3)15(20(26)29-4)22-17(23)13-9-5-7-12-8-6-10-21-16(12)13/h5-11,14-15H,1-4H3,(H,22,23)/t11-,15+/m1/s1. The largest absolute Gasteiger partial charge is 0.468 e. The molecule has 0 fully saturated rings. The van der Waals surface area contributed by atoms with E-state index in [2.05, 4.69) is 19.8 Å². The summed E-state index contributed by atoms with van der Waals surface area (Å²) in [4.78, 5) is 53.7. The van der Waals surface area contributed by atoms with Crippen molar-refractivity contribution in [2.75, 3.05) is 21.3 Å². The molecule has 0 aliphatic carbocycles. The van der Waals surface area contributed by atoms with Crippen LogP contribution >= 0.6 is 0 Å². The Morgan fingerprint density at radius 2 is 1.48 bits per heavy atom. The van der Waals surface area contributed by atoms with Gasteiger partial charge in [-0.2, -0.15) is 0 Å². The second-order valence-electron chi connectivity index (χ2n) is 6.24. The van der Waals surface area contributed by atoms with E-state index >= 15 is 0 Å². The van der Waals surface area contributed by atoms with E-state index in [-0.39, 0.29) is 5.56 Å². The minimum Gasteiger partial charge on any atom is -0.468 e. The lowest BCUT2D eigenvalue weighted by Gasteiger charge is -2.27. The van der Waals surface area contributed by atoms with Crippen molar-refractivity contribution in [2.24, 2.45) is 11.8 Å². The molecular formula is C20H22N2O7. The lowest BCUT2D eigenvalue weighted by molar-refractivity contribution is -0.162. The first-order chi connectivity index (χ1) is 13.8. The zero-order valence-corrected chi connectivity index (χ0v) is 16.5. The minimum atomic E-state index is -1.43. The van der Waals surface area contributed by atoms with E-state index in [9.17, 15) is 19.2 Å². The normalized spacial score (nSPS) is 12.7. The zero-order chi connectivity index (χ0) is 21.6. The number of hydrogen-bond donors (Lipinski definition) is 1. The molecule has 0 unspecified atom stereocenters. The van der Waals surface area contributed by atoms with Crippen LogP contribution in [0.3, 0.4) is 0 Å². The van der Waals surface area contributed by atoms with Crippen LogP contribution in [0, 0.1) is 11.8 Å². The molecule has 154 valence electrons. The van der Waals surface area contributed by atoms with Crippen LogP contribution in [0.1, 0.15) is 17.3 Å². The van der Waals surface area contributed by atoms with Crippen molar-refractivity contribution in [1.82, 2.24) is 10.3 Å². The van der Waals surface area contributed by atoms with Gasteiger partial charge < -0.3 is 19.5 Å². The summed E-state index contributed by atoms with van der Waals surface area (Å²) in [5.74, 6) is -5.64. The topological polar surface area (TPSA) is 121 Å². The Hall–Kier alpha value is -3.49. The number of hydrogen-bond acceptors (Lipinski definition) is 8. The number of aromatic nitrogens is 1. The van der Waals surface area contributed by atoms with E-state index in [1.165, 1.54) is 6.92 Å². The number of esters is 3. The van der Waals surface area contributed by atoms with E-state index in [1.54, 1.807) is 36.5 Å². The molecule has 0 aliphatic rings. The van der Waals surface area contributed by atoms with Crippen molar-refractivity contribution in [3.05, 3.63) is 42.1 Å². The van der Waals surface area contributed by atoms with E-state index < -0.39 is 41.7 Å². The summed E-state index contributed by atoms with van der Waals surface area (Å²) >= 11 is 0. The number of rotatable bonds is 7. The highest BCUT2D eigenvalue weighted by molar-refractivity contribution is 6.06. The molecule has 1 amide bonds. The molecule has 0 saturated carbocycles. The van der Waals surface area contributed by atoms with Crippen LogP contribution in [0.2, 0.25) is 0 Å². The smallest absolute Gasteiger partial charge is 0.328 e. The summed E-state index contributed by atoms with van der Waals surface area (Å²) in [5, 5.41) is 3.29. The van der Waals surface area contributed by atoms with Gasteiger partial charge in [0.2, 0.25) is 0 Å². The lowest BCUT2D eigenvalue weighted by atomic mass is 9.87. The number of para-hydroxylation sites is 1. The van der Waals surface area contributed by atoms with Gasteiger partial charge in [0.1, 0.15) is 6.04 Å². The van der Waals surface area contributed by atoms with Crippen LogP contribution in [0.4, 0.5) is 0 Å². The van der Waals surface area contributed by atoms with E-state index in [0.717, 1.165) is 26.7 Å². The van der Waals surface area contributed by atoms with Gasteiger partial charge >= 0.3 is 17.9 Å². The monoisotopic (exact) mass is 402 g/mol. The molecule has 1 heterocycles. The molecule has 0 spiro atoms. The third-order valence-corrected chi connectivity index (χ3v) is 4.58. The van der Waals surface area contributed by atoms with Gasteiger partial charge in [-0.25, -0.2) is 4.79 Å². The van der Waals surface area contributed by atoms with Gasteiger partial charge in [-0.05, 0) is 12.1 Å². The molecule has 1 aromatic carbocycles. The number of ether oxygens (including phenoxy) is 3. The first-order valence-electron chi connectivity index (χ1n) is 8.73. The fourth-order valence-electron chi connectivity index (χ4n) is 3.01. The molecular weight excluding hydrogens is 380 g/mol. The quantitative estimate of drug-likeness (QED) is 0.415. The average Bonchev–Trinajstić information content (AvgIpc) is 2.75.